The number of nitrogens with zero attached hydrogens (tertiary/aromatic N) is 1. The van der Waals surface area contributed by atoms with Crippen molar-refractivity contribution < 1.29 is 13.2 Å². The molecule has 1 fully saturated rings. The van der Waals surface area contributed by atoms with Gasteiger partial charge >= 0.3 is 0 Å². The molecule has 8 heteroatoms. The van der Waals surface area contributed by atoms with Crippen LogP contribution in [0, 0.1) is 0 Å². The van der Waals surface area contributed by atoms with E-state index >= 15 is 0 Å². The Morgan fingerprint density at radius 2 is 2.32 bits per heavy atom. The standard InChI is InChI=1S/C11H16N4O3S/c12-15-8-3-4-13-10(6-8)11(16)14-7-9-2-1-5-19(9,17)18/h3-4,6,9H,1-2,5,7,12H2,(H,13,15)(H,14,16). The van der Waals surface area contributed by atoms with Gasteiger partial charge in [0.2, 0.25) is 0 Å². The van der Waals surface area contributed by atoms with E-state index in [-0.39, 0.29) is 18.0 Å². The van der Waals surface area contributed by atoms with Crippen LogP contribution >= 0.6 is 0 Å². The number of carbonyl (C=O) groups is 1. The highest BCUT2D eigenvalue weighted by atomic mass is 32.2. The van der Waals surface area contributed by atoms with Crippen LogP contribution in [0.15, 0.2) is 18.3 Å². The van der Waals surface area contributed by atoms with E-state index < -0.39 is 21.0 Å². The number of carbonyl (C=O) groups excluding carboxylic acids is 1. The molecule has 1 aliphatic heterocycles. The lowest BCUT2D eigenvalue weighted by molar-refractivity contribution is 0.0948. The molecule has 4 N–H and O–H groups in total. The van der Waals surface area contributed by atoms with Gasteiger partial charge in [-0.1, -0.05) is 0 Å². The predicted octanol–water partition coefficient (Wildman–Crippen LogP) is -0.326. The van der Waals surface area contributed by atoms with Crippen LogP contribution in [0.2, 0.25) is 0 Å². The lowest BCUT2D eigenvalue weighted by atomic mass is 10.2. The third kappa shape index (κ3) is 3.21. The Kier molecular flexibility index (Phi) is 4.01. The SMILES string of the molecule is NNc1ccnc(C(=O)NCC2CCCS2(=O)=O)c1. The van der Waals surface area contributed by atoms with Gasteiger partial charge < -0.3 is 10.7 Å². The van der Waals surface area contributed by atoms with Crippen molar-refractivity contribution in [2.45, 2.75) is 18.1 Å². The van der Waals surface area contributed by atoms with Crippen molar-refractivity contribution in [3.8, 4) is 0 Å². The van der Waals surface area contributed by atoms with Gasteiger partial charge in [-0.2, -0.15) is 0 Å². The first kappa shape index (κ1) is 13.8. The number of hydrazine groups is 1. The first-order chi connectivity index (χ1) is 9.03. The summed E-state index contributed by atoms with van der Waals surface area (Å²) in [5, 5.41) is 2.12. The molecular formula is C11H16N4O3S. The summed E-state index contributed by atoms with van der Waals surface area (Å²) >= 11 is 0. The molecule has 1 atom stereocenters. The fraction of sp³-hybridized carbons (Fsp3) is 0.455. The van der Waals surface area contributed by atoms with Crippen molar-refractivity contribution in [3.63, 3.8) is 0 Å². The second-order valence-corrected chi connectivity index (χ2v) is 6.82. The van der Waals surface area contributed by atoms with Gasteiger partial charge in [0.05, 0.1) is 16.7 Å². The molecule has 1 aliphatic rings. The van der Waals surface area contributed by atoms with E-state index in [4.69, 9.17) is 5.84 Å². The summed E-state index contributed by atoms with van der Waals surface area (Å²) < 4.78 is 23.2. The quantitative estimate of drug-likeness (QED) is 0.515. The van der Waals surface area contributed by atoms with Crippen LogP contribution < -0.4 is 16.6 Å². The van der Waals surface area contributed by atoms with Crippen molar-refractivity contribution >= 4 is 21.4 Å². The van der Waals surface area contributed by atoms with E-state index in [1.165, 1.54) is 12.3 Å². The van der Waals surface area contributed by atoms with Gasteiger partial charge in [0, 0.05) is 12.7 Å². The van der Waals surface area contributed by atoms with E-state index in [0.29, 0.717) is 18.5 Å². The van der Waals surface area contributed by atoms with Crippen LogP contribution in [0.1, 0.15) is 23.3 Å². The molecule has 1 aromatic heterocycles. The minimum Gasteiger partial charge on any atom is -0.349 e. The summed E-state index contributed by atoms with van der Waals surface area (Å²) in [4.78, 5) is 15.8. The average Bonchev–Trinajstić information content (AvgIpc) is 2.75. The lowest BCUT2D eigenvalue weighted by Crippen LogP contribution is -2.35. The summed E-state index contributed by atoms with van der Waals surface area (Å²) in [6.45, 7) is 0.128. The predicted molar refractivity (Wildman–Crippen MR) is 71.2 cm³/mol. The van der Waals surface area contributed by atoms with Crippen LogP contribution in [0.25, 0.3) is 0 Å². The zero-order chi connectivity index (χ0) is 13.9. The second kappa shape index (κ2) is 5.54. The zero-order valence-corrected chi connectivity index (χ0v) is 11.1. The molecule has 104 valence electrons. The van der Waals surface area contributed by atoms with Crippen LogP contribution in [-0.2, 0) is 9.84 Å². The van der Waals surface area contributed by atoms with Gasteiger partial charge in [0.1, 0.15) is 5.69 Å². The molecule has 0 aromatic carbocycles. The van der Waals surface area contributed by atoms with Gasteiger partial charge in [0.25, 0.3) is 5.91 Å². The van der Waals surface area contributed by atoms with Crippen LogP contribution in [0.4, 0.5) is 5.69 Å². The molecule has 1 amide bonds. The molecule has 0 saturated carbocycles. The van der Waals surface area contributed by atoms with E-state index in [9.17, 15) is 13.2 Å². The molecule has 7 nitrogen and oxygen atoms in total. The monoisotopic (exact) mass is 284 g/mol. The minimum absolute atomic E-state index is 0.128. The highest BCUT2D eigenvalue weighted by Gasteiger charge is 2.31. The van der Waals surface area contributed by atoms with Crippen LogP contribution in [-0.4, -0.2) is 36.9 Å². The maximum absolute atomic E-state index is 11.8. The Morgan fingerprint density at radius 3 is 2.95 bits per heavy atom. The third-order valence-electron chi connectivity index (χ3n) is 3.11. The highest BCUT2D eigenvalue weighted by molar-refractivity contribution is 7.92. The molecule has 0 radical (unpaired) electrons. The number of sulfone groups is 1. The van der Waals surface area contributed by atoms with E-state index in [2.05, 4.69) is 15.7 Å². The van der Waals surface area contributed by atoms with Crippen LogP contribution in [0.5, 0.6) is 0 Å². The Morgan fingerprint density at radius 1 is 1.53 bits per heavy atom. The molecule has 1 unspecified atom stereocenters. The summed E-state index contributed by atoms with van der Waals surface area (Å²) in [7, 11) is -3.05. The first-order valence-corrected chi connectivity index (χ1v) is 7.67. The fourth-order valence-corrected chi connectivity index (χ4v) is 3.79. The number of nitrogen functional groups attached to an aromatic ring is 1. The topological polar surface area (TPSA) is 114 Å². The van der Waals surface area contributed by atoms with Crippen molar-refractivity contribution in [1.29, 1.82) is 0 Å². The minimum atomic E-state index is -3.05. The summed E-state index contributed by atoms with van der Waals surface area (Å²) in [5.74, 6) is 5.04. The molecule has 1 aromatic rings. The van der Waals surface area contributed by atoms with Crippen molar-refractivity contribution in [1.82, 2.24) is 10.3 Å². The van der Waals surface area contributed by atoms with Crippen molar-refractivity contribution in [3.05, 3.63) is 24.0 Å². The van der Waals surface area contributed by atoms with E-state index in [1.54, 1.807) is 6.07 Å². The number of anilines is 1. The summed E-state index contributed by atoms with van der Waals surface area (Å²) in [6.07, 6.45) is 2.71. The molecule has 2 rings (SSSR count). The molecule has 1 saturated heterocycles. The Bertz CT molecular complexity index is 573. The second-order valence-electron chi connectivity index (χ2n) is 4.42. The molecule has 0 spiro atoms. The Hall–Kier alpha value is -1.67. The van der Waals surface area contributed by atoms with Crippen molar-refractivity contribution in [2.75, 3.05) is 17.7 Å². The third-order valence-corrected chi connectivity index (χ3v) is 5.39. The van der Waals surface area contributed by atoms with Gasteiger partial charge in [-0.05, 0) is 25.0 Å². The van der Waals surface area contributed by atoms with Gasteiger partial charge in [0.15, 0.2) is 9.84 Å². The van der Waals surface area contributed by atoms with E-state index in [0.717, 1.165) is 0 Å². The largest absolute Gasteiger partial charge is 0.349 e. The first-order valence-electron chi connectivity index (χ1n) is 5.95. The highest BCUT2D eigenvalue weighted by Crippen LogP contribution is 2.19. The summed E-state index contributed by atoms with van der Waals surface area (Å²) in [6, 6.07) is 3.12. The molecule has 0 bridgehead atoms. The number of hydrogen-bond donors (Lipinski definition) is 3. The molecule has 2 heterocycles. The van der Waals surface area contributed by atoms with Gasteiger partial charge in [-0.15, -0.1) is 0 Å². The maximum Gasteiger partial charge on any atom is 0.269 e. The number of nitrogens with two attached hydrogens (primary N) is 1. The molecular weight excluding hydrogens is 268 g/mol. The molecule has 19 heavy (non-hydrogen) atoms. The van der Waals surface area contributed by atoms with E-state index in [1.807, 2.05) is 0 Å². The summed E-state index contributed by atoms with van der Waals surface area (Å²) in [5.41, 5.74) is 3.18. The van der Waals surface area contributed by atoms with Gasteiger partial charge in [-0.25, -0.2) is 8.42 Å². The fourth-order valence-electron chi connectivity index (χ4n) is 2.03. The average molecular weight is 284 g/mol. The van der Waals surface area contributed by atoms with Gasteiger partial charge in [-0.3, -0.25) is 15.6 Å². The zero-order valence-electron chi connectivity index (χ0n) is 10.3. The maximum atomic E-state index is 11.8. The Balaban J connectivity index is 1.98. The lowest BCUT2D eigenvalue weighted by Gasteiger charge is -2.10. The van der Waals surface area contributed by atoms with Crippen LogP contribution in [0.3, 0.4) is 0 Å². The van der Waals surface area contributed by atoms with Crippen molar-refractivity contribution in [2.24, 2.45) is 5.84 Å². The molecule has 0 aliphatic carbocycles. The normalized spacial score (nSPS) is 21.0. The number of amides is 1. The Labute approximate surface area is 111 Å². The number of aromatic nitrogens is 1. The number of nitrogens with one attached hydrogen (secondary N) is 2. The number of hydrogen-bond acceptors (Lipinski definition) is 6. The number of pyridine rings is 1. The smallest absolute Gasteiger partial charge is 0.269 e. The number of rotatable bonds is 4.